The molecule has 0 saturated carbocycles. The summed E-state index contributed by atoms with van der Waals surface area (Å²) in [5, 5.41) is 3.44. The summed E-state index contributed by atoms with van der Waals surface area (Å²) in [5.41, 5.74) is 0.756. The smallest absolute Gasteiger partial charge is 0.172 e. The third-order valence-electron chi connectivity index (χ3n) is 2.74. The molecule has 4 heteroatoms. The molecule has 0 amide bonds. The van der Waals surface area contributed by atoms with Gasteiger partial charge in [-0.2, -0.15) is 0 Å². The molecule has 92 valence electrons. The first-order valence-corrected chi connectivity index (χ1v) is 5.70. The molecule has 1 unspecified atom stereocenters. The fraction of sp³-hybridized carbons (Fsp3) is 0.385. The van der Waals surface area contributed by atoms with E-state index in [1.807, 2.05) is 13.8 Å². The Morgan fingerprint density at radius 1 is 1.29 bits per heavy atom. The standard InChI is InChI=1S/C13H15F2NO/c1-3-16-8(2)4-9-5-10-12(15)7-17-13(10)11(14)6-9/h5-8,16H,3-4H2,1-2H3. The molecule has 0 spiro atoms. The number of nitrogens with one attached hydrogen (secondary N) is 1. The quantitative estimate of drug-likeness (QED) is 0.886. The van der Waals surface area contributed by atoms with Gasteiger partial charge in [-0.1, -0.05) is 6.92 Å². The molecule has 0 fully saturated rings. The molecule has 1 atom stereocenters. The minimum absolute atomic E-state index is 0.0117. The summed E-state index contributed by atoms with van der Waals surface area (Å²) < 4.78 is 31.8. The first-order valence-electron chi connectivity index (χ1n) is 5.70. The zero-order valence-electron chi connectivity index (χ0n) is 9.89. The van der Waals surface area contributed by atoms with Crippen LogP contribution in [-0.4, -0.2) is 12.6 Å². The molecule has 2 aromatic rings. The SMILES string of the molecule is CCNC(C)Cc1cc(F)c2occ(F)c2c1. The van der Waals surface area contributed by atoms with Gasteiger partial charge in [0.15, 0.2) is 17.2 Å². The van der Waals surface area contributed by atoms with Gasteiger partial charge in [-0.05, 0) is 37.6 Å². The van der Waals surface area contributed by atoms with E-state index in [9.17, 15) is 8.78 Å². The second-order valence-corrected chi connectivity index (χ2v) is 4.20. The van der Waals surface area contributed by atoms with Crippen molar-refractivity contribution in [3.05, 3.63) is 35.6 Å². The van der Waals surface area contributed by atoms with Crippen LogP contribution < -0.4 is 5.32 Å². The number of fused-ring (bicyclic) bond motifs is 1. The third-order valence-corrected chi connectivity index (χ3v) is 2.74. The van der Waals surface area contributed by atoms with Crippen molar-refractivity contribution >= 4 is 11.0 Å². The molecule has 1 heterocycles. The Labute approximate surface area is 98.6 Å². The summed E-state index contributed by atoms with van der Waals surface area (Å²) in [6, 6.07) is 3.27. The van der Waals surface area contributed by atoms with E-state index in [0.717, 1.165) is 18.4 Å². The van der Waals surface area contributed by atoms with E-state index in [1.165, 1.54) is 6.07 Å². The Balaban J connectivity index is 2.32. The van der Waals surface area contributed by atoms with Crippen molar-refractivity contribution in [3.63, 3.8) is 0 Å². The van der Waals surface area contributed by atoms with E-state index in [-0.39, 0.29) is 17.0 Å². The fourth-order valence-corrected chi connectivity index (χ4v) is 2.01. The molecule has 0 bridgehead atoms. The highest BCUT2D eigenvalue weighted by Gasteiger charge is 2.13. The predicted molar refractivity (Wildman–Crippen MR) is 63.0 cm³/mol. The van der Waals surface area contributed by atoms with E-state index in [1.54, 1.807) is 6.07 Å². The highest BCUT2D eigenvalue weighted by molar-refractivity contribution is 5.79. The highest BCUT2D eigenvalue weighted by atomic mass is 19.1. The topological polar surface area (TPSA) is 25.2 Å². The van der Waals surface area contributed by atoms with E-state index in [4.69, 9.17) is 4.42 Å². The molecule has 0 radical (unpaired) electrons. The molecule has 1 N–H and O–H groups in total. The van der Waals surface area contributed by atoms with Crippen LogP contribution in [0.4, 0.5) is 8.78 Å². The van der Waals surface area contributed by atoms with Gasteiger partial charge in [0.2, 0.25) is 0 Å². The predicted octanol–water partition coefficient (Wildman–Crippen LogP) is 3.25. The Bertz CT molecular complexity index is 521. The molecule has 2 nitrogen and oxygen atoms in total. The first-order chi connectivity index (χ1) is 8.11. The molecule has 17 heavy (non-hydrogen) atoms. The van der Waals surface area contributed by atoms with Crippen molar-refractivity contribution in [1.29, 1.82) is 0 Å². The monoisotopic (exact) mass is 239 g/mol. The summed E-state index contributed by atoms with van der Waals surface area (Å²) in [6.07, 6.45) is 1.59. The summed E-state index contributed by atoms with van der Waals surface area (Å²) in [7, 11) is 0. The number of furan rings is 1. The van der Waals surface area contributed by atoms with Crippen molar-refractivity contribution in [1.82, 2.24) is 5.32 Å². The van der Waals surface area contributed by atoms with E-state index in [2.05, 4.69) is 5.32 Å². The fourth-order valence-electron chi connectivity index (χ4n) is 2.01. The molecule has 1 aromatic carbocycles. The Kier molecular flexibility index (Phi) is 3.43. The van der Waals surface area contributed by atoms with Gasteiger partial charge in [0.05, 0.1) is 5.39 Å². The maximum Gasteiger partial charge on any atom is 0.172 e. The zero-order valence-corrected chi connectivity index (χ0v) is 9.89. The molecule has 0 aliphatic rings. The van der Waals surface area contributed by atoms with Gasteiger partial charge in [-0.15, -0.1) is 0 Å². The second-order valence-electron chi connectivity index (χ2n) is 4.20. The number of hydrogen-bond acceptors (Lipinski definition) is 2. The lowest BCUT2D eigenvalue weighted by atomic mass is 10.0. The van der Waals surface area contributed by atoms with Gasteiger partial charge in [0, 0.05) is 6.04 Å². The van der Waals surface area contributed by atoms with Crippen LogP contribution in [-0.2, 0) is 6.42 Å². The van der Waals surface area contributed by atoms with Crippen LogP contribution in [0.15, 0.2) is 22.8 Å². The van der Waals surface area contributed by atoms with Gasteiger partial charge >= 0.3 is 0 Å². The van der Waals surface area contributed by atoms with Crippen molar-refractivity contribution < 1.29 is 13.2 Å². The third kappa shape index (κ3) is 2.47. The summed E-state index contributed by atoms with van der Waals surface area (Å²) in [6.45, 7) is 4.87. The number of hydrogen-bond donors (Lipinski definition) is 1. The van der Waals surface area contributed by atoms with Crippen molar-refractivity contribution in [2.45, 2.75) is 26.3 Å². The van der Waals surface area contributed by atoms with Crippen molar-refractivity contribution in [3.8, 4) is 0 Å². The number of likely N-dealkylation sites (N-methyl/N-ethyl adjacent to an activating group) is 1. The van der Waals surface area contributed by atoms with Crippen molar-refractivity contribution in [2.24, 2.45) is 0 Å². The second kappa shape index (κ2) is 4.84. The van der Waals surface area contributed by atoms with E-state index < -0.39 is 11.6 Å². The number of rotatable bonds is 4. The summed E-state index contributed by atoms with van der Waals surface area (Å²) in [5.74, 6) is -1.03. The van der Waals surface area contributed by atoms with Gasteiger partial charge in [0.1, 0.15) is 6.26 Å². The lowest BCUT2D eigenvalue weighted by Gasteiger charge is -2.12. The number of benzene rings is 1. The zero-order chi connectivity index (χ0) is 12.4. The summed E-state index contributed by atoms with van der Waals surface area (Å²) >= 11 is 0. The maximum atomic E-state index is 13.6. The van der Waals surface area contributed by atoms with Gasteiger partial charge in [0.25, 0.3) is 0 Å². The van der Waals surface area contributed by atoms with Crippen LogP contribution >= 0.6 is 0 Å². The Morgan fingerprint density at radius 2 is 2.06 bits per heavy atom. The number of halogens is 2. The lowest BCUT2D eigenvalue weighted by molar-refractivity contribution is 0.534. The van der Waals surface area contributed by atoms with Crippen LogP contribution in [0.5, 0.6) is 0 Å². The Morgan fingerprint density at radius 3 is 2.76 bits per heavy atom. The average Bonchev–Trinajstić information content (AvgIpc) is 2.61. The largest absolute Gasteiger partial charge is 0.458 e. The van der Waals surface area contributed by atoms with E-state index in [0.29, 0.717) is 6.42 Å². The molecular weight excluding hydrogens is 224 g/mol. The van der Waals surface area contributed by atoms with Crippen molar-refractivity contribution in [2.75, 3.05) is 6.54 Å². The first kappa shape index (κ1) is 12.0. The molecule has 0 saturated heterocycles. The van der Waals surface area contributed by atoms with Gasteiger partial charge < -0.3 is 9.73 Å². The van der Waals surface area contributed by atoms with Gasteiger partial charge in [-0.3, -0.25) is 0 Å². The highest BCUT2D eigenvalue weighted by Crippen LogP contribution is 2.24. The van der Waals surface area contributed by atoms with Gasteiger partial charge in [-0.25, -0.2) is 8.78 Å². The van der Waals surface area contributed by atoms with Crippen LogP contribution in [0.3, 0.4) is 0 Å². The van der Waals surface area contributed by atoms with Crippen LogP contribution in [0.1, 0.15) is 19.4 Å². The molecule has 2 rings (SSSR count). The summed E-state index contributed by atoms with van der Waals surface area (Å²) in [4.78, 5) is 0. The normalized spacial score (nSPS) is 13.2. The lowest BCUT2D eigenvalue weighted by Crippen LogP contribution is -2.27. The van der Waals surface area contributed by atoms with Crippen LogP contribution in [0.2, 0.25) is 0 Å². The molecule has 0 aliphatic carbocycles. The van der Waals surface area contributed by atoms with Crippen LogP contribution in [0.25, 0.3) is 11.0 Å². The minimum atomic E-state index is -0.517. The van der Waals surface area contributed by atoms with E-state index >= 15 is 0 Å². The minimum Gasteiger partial charge on any atom is -0.458 e. The van der Waals surface area contributed by atoms with Crippen LogP contribution in [0, 0.1) is 11.6 Å². The average molecular weight is 239 g/mol. The maximum absolute atomic E-state index is 13.6. The molecule has 0 aliphatic heterocycles. The molecular formula is C13H15F2NO. The Hall–Kier alpha value is -1.42. The molecule has 1 aromatic heterocycles.